The number of hydrogen-bond acceptors (Lipinski definition) is 2. The van der Waals surface area contributed by atoms with Crippen LogP contribution in [-0.4, -0.2) is 23.2 Å². The molecule has 16 heavy (non-hydrogen) atoms. The van der Waals surface area contributed by atoms with Gasteiger partial charge in [-0.15, -0.1) is 11.6 Å². The topological polar surface area (TPSA) is 29.5 Å². The predicted octanol–water partition coefficient (Wildman–Crippen LogP) is 2.97. The van der Waals surface area contributed by atoms with Crippen LogP contribution in [0.5, 0.6) is 0 Å². The zero-order valence-electron chi connectivity index (χ0n) is 9.60. The molecule has 2 atom stereocenters. The summed E-state index contributed by atoms with van der Waals surface area (Å²) in [5.41, 5.74) is 1.12. The summed E-state index contributed by atoms with van der Waals surface area (Å²) in [7, 11) is 0. The fourth-order valence-electron chi connectivity index (χ4n) is 1.45. The third-order valence-corrected chi connectivity index (χ3v) is 2.81. The summed E-state index contributed by atoms with van der Waals surface area (Å²) in [6.45, 7) is 2.96. The van der Waals surface area contributed by atoms with Gasteiger partial charge in [0.15, 0.2) is 0 Å². The number of hydrogen-bond donors (Lipinski definition) is 1. The Morgan fingerprint density at radius 3 is 2.62 bits per heavy atom. The second kappa shape index (κ2) is 7.66. The molecule has 1 aromatic carbocycles. The maximum atomic E-state index is 9.60. The third kappa shape index (κ3) is 4.97. The van der Waals surface area contributed by atoms with Gasteiger partial charge < -0.3 is 9.84 Å². The Morgan fingerprint density at radius 1 is 1.31 bits per heavy atom. The lowest BCUT2D eigenvalue weighted by Gasteiger charge is -2.16. The Labute approximate surface area is 102 Å². The van der Waals surface area contributed by atoms with Gasteiger partial charge in [0.05, 0.1) is 24.7 Å². The number of alkyl halides is 1. The minimum absolute atomic E-state index is 0.316. The van der Waals surface area contributed by atoms with Crippen LogP contribution >= 0.6 is 11.6 Å². The van der Waals surface area contributed by atoms with Crippen LogP contribution in [0.2, 0.25) is 0 Å². The molecular weight excluding hydrogens is 224 g/mol. The molecule has 0 saturated carbocycles. The van der Waals surface area contributed by atoms with Crippen molar-refractivity contribution < 1.29 is 9.84 Å². The van der Waals surface area contributed by atoms with E-state index in [1.165, 1.54) is 0 Å². The number of aliphatic hydroxyl groups is 1. The molecule has 0 saturated heterocycles. The minimum Gasteiger partial charge on any atom is -0.391 e. The molecule has 0 fully saturated rings. The first-order valence-corrected chi connectivity index (χ1v) is 6.11. The van der Waals surface area contributed by atoms with Crippen molar-refractivity contribution in [2.45, 2.75) is 37.9 Å². The first-order chi connectivity index (χ1) is 7.74. The molecule has 0 aliphatic carbocycles. The number of rotatable bonds is 7. The van der Waals surface area contributed by atoms with Crippen LogP contribution in [0, 0.1) is 0 Å². The highest BCUT2D eigenvalue weighted by Crippen LogP contribution is 2.10. The minimum atomic E-state index is -0.470. The third-order valence-electron chi connectivity index (χ3n) is 2.39. The lowest BCUT2D eigenvalue weighted by atomic mass is 10.1. The summed E-state index contributed by atoms with van der Waals surface area (Å²) in [5.74, 6) is 0. The van der Waals surface area contributed by atoms with Crippen molar-refractivity contribution in [1.29, 1.82) is 0 Å². The molecule has 0 aliphatic rings. The van der Waals surface area contributed by atoms with E-state index in [9.17, 15) is 5.11 Å². The highest BCUT2D eigenvalue weighted by atomic mass is 35.5. The Hall–Kier alpha value is -0.570. The van der Waals surface area contributed by atoms with E-state index in [0.29, 0.717) is 13.2 Å². The van der Waals surface area contributed by atoms with Crippen molar-refractivity contribution in [2.75, 3.05) is 6.61 Å². The summed E-state index contributed by atoms with van der Waals surface area (Å²) in [5, 5.41) is 9.29. The summed E-state index contributed by atoms with van der Waals surface area (Å²) >= 11 is 6.00. The average molecular weight is 243 g/mol. The van der Waals surface area contributed by atoms with Gasteiger partial charge in [0.1, 0.15) is 0 Å². The molecule has 90 valence electrons. The van der Waals surface area contributed by atoms with Crippen LogP contribution in [-0.2, 0) is 11.3 Å². The van der Waals surface area contributed by atoms with Gasteiger partial charge in [-0.2, -0.15) is 0 Å². The first kappa shape index (κ1) is 13.5. The maximum absolute atomic E-state index is 9.60. The van der Waals surface area contributed by atoms with Gasteiger partial charge in [0.25, 0.3) is 0 Å². The van der Waals surface area contributed by atoms with Crippen molar-refractivity contribution in [3.8, 4) is 0 Å². The Balaban J connectivity index is 2.20. The molecule has 0 radical (unpaired) electrons. The van der Waals surface area contributed by atoms with E-state index in [0.717, 1.165) is 18.4 Å². The number of halogens is 1. The van der Waals surface area contributed by atoms with Gasteiger partial charge >= 0.3 is 0 Å². The highest BCUT2D eigenvalue weighted by molar-refractivity contribution is 6.21. The fourth-order valence-corrected chi connectivity index (χ4v) is 1.67. The van der Waals surface area contributed by atoms with Gasteiger partial charge in [-0.1, -0.05) is 43.7 Å². The van der Waals surface area contributed by atoms with Gasteiger partial charge in [0.2, 0.25) is 0 Å². The quantitative estimate of drug-likeness (QED) is 0.745. The molecule has 0 amide bonds. The SMILES string of the molecule is CCC[C@H](O)[C@H](Cl)COCc1ccccc1. The molecule has 0 spiro atoms. The van der Waals surface area contributed by atoms with Gasteiger partial charge in [-0.25, -0.2) is 0 Å². The van der Waals surface area contributed by atoms with Gasteiger partial charge in [0, 0.05) is 0 Å². The van der Waals surface area contributed by atoms with Gasteiger partial charge in [-0.05, 0) is 12.0 Å². The van der Waals surface area contributed by atoms with Gasteiger partial charge in [-0.3, -0.25) is 0 Å². The molecule has 0 unspecified atom stereocenters. The number of ether oxygens (including phenoxy) is 1. The zero-order valence-corrected chi connectivity index (χ0v) is 10.4. The Kier molecular flexibility index (Phi) is 6.46. The van der Waals surface area contributed by atoms with Crippen LogP contribution in [0.4, 0.5) is 0 Å². The molecule has 2 nitrogen and oxygen atoms in total. The number of benzene rings is 1. The second-order valence-electron chi connectivity index (χ2n) is 3.87. The predicted molar refractivity (Wildman–Crippen MR) is 66.7 cm³/mol. The van der Waals surface area contributed by atoms with Crippen LogP contribution in [0.15, 0.2) is 30.3 Å². The summed E-state index contributed by atoms with van der Waals surface area (Å²) in [4.78, 5) is 0. The number of aliphatic hydroxyl groups excluding tert-OH is 1. The largest absolute Gasteiger partial charge is 0.391 e. The summed E-state index contributed by atoms with van der Waals surface area (Å²) in [6.07, 6.45) is 1.19. The maximum Gasteiger partial charge on any atom is 0.0828 e. The van der Waals surface area contributed by atoms with E-state index >= 15 is 0 Å². The first-order valence-electron chi connectivity index (χ1n) is 5.67. The van der Waals surface area contributed by atoms with Crippen LogP contribution in [0.1, 0.15) is 25.3 Å². The highest BCUT2D eigenvalue weighted by Gasteiger charge is 2.15. The van der Waals surface area contributed by atoms with Crippen LogP contribution < -0.4 is 0 Å². The monoisotopic (exact) mass is 242 g/mol. The van der Waals surface area contributed by atoms with E-state index in [1.807, 2.05) is 37.3 Å². The Morgan fingerprint density at radius 2 is 2.00 bits per heavy atom. The normalized spacial score (nSPS) is 14.7. The second-order valence-corrected chi connectivity index (χ2v) is 4.43. The molecule has 1 aromatic rings. The molecule has 1 N–H and O–H groups in total. The fraction of sp³-hybridized carbons (Fsp3) is 0.538. The molecule has 0 bridgehead atoms. The molecular formula is C13H19ClO2. The smallest absolute Gasteiger partial charge is 0.0828 e. The van der Waals surface area contributed by atoms with Crippen molar-refractivity contribution in [1.82, 2.24) is 0 Å². The molecule has 0 aliphatic heterocycles. The summed E-state index contributed by atoms with van der Waals surface area (Å²) < 4.78 is 5.46. The van der Waals surface area contributed by atoms with E-state index in [4.69, 9.17) is 16.3 Å². The summed E-state index contributed by atoms with van der Waals surface area (Å²) in [6, 6.07) is 9.93. The van der Waals surface area contributed by atoms with Crippen molar-refractivity contribution >= 4 is 11.6 Å². The van der Waals surface area contributed by atoms with E-state index in [2.05, 4.69) is 0 Å². The lowest BCUT2D eigenvalue weighted by molar-refractivity contribution is 0.0737. The van der Waals surface area contributed by atoms with Crippen molar-refractivity contribution in [3.05, 3.63) is 35.9 Å². The van der Waals surface area contributed by atoms with Crippen molar-refractivity contribution in [2.24, 2.45) is 0 Å². The molecule has 1 rings (SSSR count). The lowest BCUT2D eigenvalue weighted by Crippen LogP contribution is -2.25. The van der Waals surface area contributed by atoms with Crippen LogP contribution in [0.3, 0.4) is 0 Å². The standard InChI is InChI=1S/C13H19ClO2/c1-2-6-13(15)12(14)10-16-9-11-7-4-3-5-8-11/h3-5,7-8,12-13,15H,2,6,9-10H2,1H3/t12-,13+/m1/s1. The van der Waals surface area contributed by atoms with E-state index < -0.39 is 6.10 Å². The molecule has 0 aromatic heterocycles. The molecule has 0 heterocycles. The zero-order chi connectivity index (χ0) is 11.8. The molecule has 3 heteroatoms. The van der Waals surface area contributed by atoms with Crippen molar-refractivity contribution in [3.63, 3.8) is 0 Å². The van der Waals surface area contributed by atoms with E-state index in [-0.39, 0.29) is 5.38 Å². The van der Waals surface area contributed by atoms with Crippen LogP contribution in [0.25, 0.3) is 0 Å². The van der Waals surface area contributed by atoms with E-state index in [1.54, 1.807) is 0 Å². The Bertz CT molecular complexity index is 277. The average Bonchev–Trinajstić information content (AvgIpc) is 2.30.